The molecule has 2 heterocycles. The quantitative estimate of drug-likeness (QED) is 0.542. The molecule has 0 atom stereocenters. The number of anilines is 1. The molecule has 0 saturated carbocycles. The van der Waals surface area contributed by atoms with Crippen LogP contribution in [-0.2, 0) is 6.54 Å². The Bertz CT molecular complexity index is 960. The molecule has 0 unspecified atom stereocenters. The van der Waals surface area contributed by atoms with Crippen LogP contribution in [-0.4, -0.2) is 15.7 Å². The second-order valence-electron chi connectivity index (χ2n) is 5.80. The fraction of sp³-hybridized carbons (Fsp3) is 0.0476. The molecule has 0 radical (unpaired) electrons. The van der Waals surface area contributed by atoms with Gasteiger partial charge in [0, 0.05) is 23.6 Å². The molecule has 5 heteroatoms. The molecule has 128 valence electrons. The second kappa shape index (κ2) is 7.11. The summed E-state index contributed by atoms with van der Waals surface area (Å²) in [4.78, 5) is 14.8. The van der Waals surface area contributed by atoms with E-state index in [-0.39, 0.29) is 5.91 Å². The average molecular weight is 343 g/mol. The number of hydrogen-bond acceptors (Lipinski definition) is 3. The molecule has 0 aliphatic rings. The molecule has 2 aromatic carbocycles. The zero-order valence-electron chi connectivity index (χ0n) is 14.0. The van der Waals surface area contributed by atoms with Crippen molar-refractivity contribution >= 4 is 11.6 Å². The first-order valence-electron chi connectivity index (χ1n) is 8.31. The van der Waals surface area contributed by atoms with Gasteiger partial charge in [-0.1, -0.05) is 18.2 Å². The first-order chi connectivity index (χ1) is 12.8. The SMILES string of the molecule is O=C(c1ccc(-n2cccn2)cc1)N(Cc1ccco1)c1ccccc1. The van der Waals surface area contributed by atoms with Crippen LogP contribution in [0.25, 0.3) is 5.69 Å². The Morgan fingerprint density at radius 3 is 2.42 bits per heavy atom. The molecule has 0 spiro atoms. The zero-order valence-corrected chi connectivity index (χ0v) is 14.0. The Morgan fingerprint density at radius 1 is 0.962 bits per heavy atom. The van der Waals surface area contributed by atoms with Gasteiger partial charge in [-0.05, 0) is 54.6 Å². The maximum atomic E-state index is 13.1. The maximum absolute atomic E-state index is 13.1. The molecule has 5 nitrogen and oxygen atoms in total. The van der Waals surface area contributed by atoms with Crippen molar-refractivity contribution in [2.45, 2.75) is 6.54 Å². The minimum Gasteiger partial charge on any atom is -0.467 e. The molecule has 1 amide bonds. The summed E-state index contributed by atoms with van der Waals surface area (Å²) < 4.78 is 7.19. The number of rotatable bonds is 5. The number of aromatic nitrogens is 2. The first kappa shape index (κ1) is 15.9. The Hall–Kier alpha value is -3.60. The lowest BCUT2D eigenvalue weighted by molar-refractivity contribution is 0.0983. The van der Waals surface area contributed by atoms with Crippen molar-refractivity contribution in [1.82, 2.24) is 9.78 Å². The van der Waals surface area contributed by atoms with Gasteiger partial charge in [0.25, 0.3) is 5.91 Å². The van der Waals surface area contributed by atoms with Crippen LogP contribution in [0, 0.1) is 0 Å². The highest BCUT2D eigenvalue weighted by molar-refractivity contribution is 6.06. The molecular weight excluding hydrogens is 326 g/mol. The smallest absolute Gasteiger partial charge is 0.258 e. The molecule has 0 saturated heterocycles. The summed E-state index contributed by atoms with van der Waals surface area (Å²) in [7, 11) is 0. The molecule has 0 fully saturated rings. The number of para-hydroxylation sites is 1. The van der Waals surface area contributed by atoms with E-state index in [1.807, 2.05) is 79.0 Å². The van der Waals surface area contributed by atoms with E-state index in [0.717, 1.165) is 17.1 Å². The van der Waals surface area contributed by atoms with Crippen LogP contribution in [0.3, 0.4) is 0 Å². The van der Waals surface area contributed by atoms with Crippen LogP contribution in [0.15, 0.2) is 95.9 Å². The maximum Gasteiger partial charge on any atom is 0.258 e. The number of benzene rings is 2. The van der Waals surface area contributed by atoms with Gasteiger partial charge in [-0.3, -0.25) is 4.79 Å². The summed E-state index contributed by atoms with van der Waals surface area (Å²) in [5.74, 6) is 0.648. The van der Waals surface area contributed by atoms with Crippen molar-refractivity contribution in [1.29, 1.82) is 0 Å². The number of furan rings is 1. The third kappa shape index (κ3) is 3.28. The molecule has 4 rings (SSSR count). The van der Waals surface area contributed by atoms with E-state index in [1.165, 1.54) is 0 Å². The van der Waals surface area contributed by atoms with Crippen LogP contribution in [0.4, 0.5) is 5.69 Å². The molecule has 26 heavy (non-hydrogen) atoms. The summed E-state index contributed by atoms with van der Waals surface area (Å²) in [5.41, 5.74) is 2.34. The monoisotopic (exact) mass is 343 g/mol. The van der Waals surface area contributed by atoms with E-state index >= 15 is 0 Å². The first-order valence-corrected chi connectivity index (χ1v) is 8.31. The van der Waals surface area contributed by atoms with Crippen LogP contribution in [0.5, 0.6) is 0 Å². The van der Waals surface area contributed by atoms with Gasteiger partial charge in [0.05, 0.1) is 18.5 Å². The lowest BCUT2D eigenvalue weighted by Gasteiger charge is -2.22. The van der Waals surface area contributed by atoms with E-state index in [1.54, 1.807) is 22.0 Å². The van der Waals surface area contributed by atoms with Gasteiger partial charge in [-0.15, -0.1) is 0 Å². The predicted molar refractivity (Wildman–Crippen MR) is 99.2 cm³/mol. The molecule has 0 N–H and O–H groups in total. The number of carbonyl (C=O) groups excluding carboxylic acids is 1. The van der Waals surface area contributed by atoms with Gasteiger partial charge in [0.15, 0.2) is 0 Å². The van der Waals surface area contributed by atoms with E-state index in [9.17, 15) is 4.79 Å². The normalized spacial score (nSPS) is 10.6. The molecule has 4 aromatic rings. The summed E-state index contributed by atoms with van der Waals surface area (Å²) >= 11 is 0. The third-order valence-corrected chi connectivity index (χ3v) is 4.09. The number of carbonyl (C=O) groups is 1. The van der Waals surface area contributed by atoms with E-state index < -0.39 is 0 Å². The Kier molecular flexibility index (Phi) is 4.35. The molecule has 2 aromatic heterocycles. The van der Waals surface area contributed by atoms with Gasteiger partial charge in [0.2, 0.25) is 0 Å². The van der Waals surface area contributed by atoms with Gasteiger partial charge in [-0.25, -0.2) is 4.68 Å². The fourth-order valence-corrected chi connectivity index (χ4v) is 2.78. The van der Waals surface area contributed by atoms with Crippen molar-refractivity contribution in [3.05, 3.63) is 103 Å². The predicted octanol–water partition coefficient (Wildman–Crippen LogP) is 4.31. The lowest BCUT2D eigenvalue weighted by Crippen LogP contribution is -2.30. The van der Waals surface area contributed by atoms with Crippen LogP contribution in [0.1, 0.15) is 16.1 Å². The van der Waals surface area contributed by atoms with Crippen LogP contribution in [0.2, 0.25) is 0 Å². The highest BCUT2D eigenvalue weighted by Gasteiger charge is 2.19. The lowest BCUT2D eigenvalue weighted by atomic mass is 10.1. The molecule has 0 aliphatic heterocycles. The van der Waals surface area contributed by atoms with E-state index in [2.05, 4.69) is 5.10 Å². The van der Waals surface area contributed by atoms with Gasteiger partial charge < -0.3 is 9.32 Å². The van der Waals surface area contributed by atoms with Crippen molar-refractivity contribution in [3.8, 4) is 5.69 Å². The number of amides is 1. The minimum atomic E-state index is -0.0837. The standard InChI is InChI=1S/C21H17N3O2/c25-21(17-9-11-19(12-10-17)24-14-5-13-22-24)23(16-20-8-4-15-26-20)18-6-2-1-3-7-18/h1-15H,16H2. The fourth-order valence-electron chi connectivity index (χ4n) is 2.78. The van der Waals surface area contributed by atoms with Crippen molar-refractivity contribution in [2.75, 3.05) is 4.90 Å². The van der Waals surface area contributed by atoms with Crippen molar-refractivity contribution < 1.29 is 9.21 Å². The highest BCUT2D eigenvalue weighted by atomic mass is 16.3. The Balaban J connectivity index is 1.63. The third-order valence-electron chi connectivity index (χ3n) is 4.09. The second-order valence-corrected chi connectivity index (χ2v) is 5.80. The Morgan fingerprint density at radius 2 is 1.77 bits per heavy atom. The summed E-state index contributed by atoms with van der Waals surface area (Å²) in [6.07, 6.45) is 5.20. The minimum absolute atomic E-state index is 0.0837. The van der Waals surface area contributed by atoms with Crippen LogP contribution >= 0.6 is 0 Å². The molecular formula is C21H17N3O2. The topological polar surface area (TPSA) is 51.3 Å². The van der Waals surface area contributed by atoms with Crippen molar-refractivity contribution in [2.24, 2.45) is 0 Å². The van der Waals surface area contributed by atoms with E-state index in [0.29, 0.717) is 12.1 Å². The summed E-state index contributed by atoms with van der Waals surface area (Å²) in [6, 6.07) is 22.5. The summed E-state index contributed by atoms with van der Waals surface area (Å²) in [6.45, 7) is 0.372. The highest BCUT2D eigenvalue weighted by Crippen LogP contribution is 2.21. The summed E-state index contributed by atoms with van der Waals surface area (Å²) in [5, 5.41) is 4.20. The number of hydrogen-bond donors (Lipinski definition) is 0. The molecule has 0 aliphatic carbocycles. The van der Waals surface area contributed by atoms with Crippen LogP contribution < -0.4 is 4.90 Å². The Labute approximate surface area is 151 Å². The van der Waals surface area contributed by atoms with E-state index in [4.69, 9.17) is 4.42 Å². The average Bonchev–Trinajstić information content (AvgIpc) is 3.40. The van der Waals surface area contributed by atoms with Crippen molar-refractivity contribution in [3.63, 3.8) is 0 Å². The number of nitrogens with zero attached hydrogens (tertiary/aromatic N) is 3. The molecule has 0 bridgehead atoms. The van der Waals surface area contributed by atoms with Gasteiger partial charge >= 0.3 is 0 Å². The van der Waals surface area contributed by atoms with Gasteiger partial charge in [0.1, 0.15) is 5.76 Å². The van der Waals surface area contributed by atoms with Gasteiger partial charge in [-0.2, -0.15) is 5.10 Å². The largest absolute Gasteiger partial charge is 0.467 e. The zero-order chi connectivity index (χ0) is 17.8.